The average molecular weight is 475 g/mol. The molecule has 0 atom stereocenters. The highest BCUT2D eigenvalue weighted by Crippen LogP contribution is 2.31. The van der Waals surface area contributed by atoms with Crippen molar-refractivity contribution < 1.29 is 23.5 Å². The van der Waals surface area contributed by atoms with E-state index in [1.807, 2.05) is 0 Å². The number of ether oxygens (including phenoxy) is 2. The number of methoxy groups -OCH3 is 2. The summed E-state index contributed by atoms with van der Waals surface area (Å²) in [6, 6.07) is 4.44. The lowest BCUT2D eigenvalue weighted by atomic mass is 10.1. The van der Waals surface area contributed by atoms with Crippen LogP contribution in [-0.2, 0) is 6.42 Å². The molecule has 1 aromatic carbocycles. The van der Waals surface area contributed by atoms with Crippen molar-refractivity contribution >= 4 is 24.1 Å². The first-order chi connectivity index (χ1) is 16.9. The van der Waals surface area contributed by atoms with E-state index < -0.39 is 11.8 Å². The maximum Gasteiger partial charge on any atom is 0.329 e. The largest absolute Gasteiger partial charge is 0.496 e. The molecule has 3 heterocycles. The van der Waals surface area contributed by atoms with Crippen LogP contribution in [-0.4, -0.2) is 48.0 Å². The number of carbonyl (C=O) groups is 2. The molecule has 0 saturated heterocycles. The van der Waals surface area contributed by atoms with E-state index in [-0.39, 0.29) is 23.0 Å². The molecule has 35 heavy (non-hydrogen) atoms. The van der Waals surface area contributed by atoms with E-state index in [4.69, 9.17) is 9.47 Å². The number of hydrogen-bond donors (Lipinski definition) is 1. The molecule has 9 nitrogen and oxygen atoms in total. The van der Waals surface area contributed by atoms with Gasteiger partial charge in [0.25, 0.3) is 0 Å². The first kappa shape index (κ1) is 23.6. The van der Waals surface area contributed by atoms with Crippen LogP contribution >= 0.6 is 0 Å². The Morgan fingerprint density at radius 2 is 1.91 bits per heavy atom. The Morgan fingerprint density at radius 1 is 1.17 bits per heavy atom. The van der Waals surface area contributed by atoms with Gasteiger partial charge in [0.05, 0.1) is 25.3 Å². The number of nitrogens with one attached hydrogen (secondary N) is 1. The number of fused-ring (bicyclic) bond motifs is 1. The first-order valence-corrected chi connectivity index (χ1v) is 10.7. The molecule has 0 fully saturated rings. The number of halogens is 1. The van der Waals surface area contributed by atoms with Crippen molar-refractivity contribution in [2.24, 2.45) is 0 Å². The third-order valence-corrected chi connectivity index (χ3v) is 5.51. The van der Waals surface area contributed by atoms with E-state index >= 15 is 0 Å². The predicted octanol–water partition coefficient (Wildman–Crippen LogP) is 3.53. The zero-order chi connectivity index (χ0) is 24.9. The quantitative estimate of drug-likeness (QED) is 0.454. The van der Waals surface area contributed by atoms with Gasteiger partial charge in [0.2, 0.25) is 5.95 Å². The summed E-state index contributed by atoms with van der Waals surface area (Å²) in [7, 11) is 2.85. The zero-order valence-corrected chi connectivity index (χ0v) is 19.4. The Morgan fingerprint density at radius 3 is 2.60 bits per heavy atom. The van der Waals surface area contributed by atoms with Crippen molar-refractivity contribution in [2.75, 3.05) is 31.0 Å². The number of rotatable bonds is 4. The fourth-order valence-electron chi connectivity index (χ4n) is 3.68. The monoisotopic (exact) mass is 475 g/mol. The number of aryl methyl sites for hydroxylation is 1. The van der Waals surface area contributed by atoms with Crippen LogP contribution in [0.2, 0.25) is 0 Å². The SMILES string of the molecule is COc1cc(OC)c(F)c(C#Cc2cnc(NC(=O)N3CCCc4ccc(C=O)nc43)nc2)c1C. The normalized spacial score (nSPS) is 12.2. The molecule has 2 amide bonds. The second kappa shape index (κ2) is 10.2. The highest BCUT2D eigenvalue weighted by atomic mass is 19.1. The van der Waals surface area contributed by atoms with Crippen LogP contribution in [0.4, 0.5) is 21.0 Å². The Labute approximate surface area is 201 Å². The predicted molar refractivity (Wildman–Crippen MR) is 127 cm³/mol. The summed E-state index contributed by atoms with van der Waals surface area (Å²) in [6.45, 7) is 2.15. The van der Waals surface area contributed by atoms with E-state index in [1.54, 1.807) is 19.1 Å². The van der Waals surface area contributed by atoms with Gasteiger partial charge < -0.3 is 9.47 Å². The van der Waals surface area contributed by atoms with Crippen molar-refractivity contribution in [3.8, 4) is 23.3 Å². The summed E-state index contributed by atoms with van der Waals surface area (Å²) in [6.07, 6.45) is 5.03. The second-order valence-corrected chi connectivity index (χ2v) is 7.66. The number of aromatic nitrogens is 3. The van der Waals surface area contributed by atoms with Crippen LogP contribution < -0.4 is 19.7 Å². The van der Waals surface area contributed by atoms with Gasteiger partial charge in [0, 0.05) is 30.6 Å². The second-order valence-electron chi connectivity index (χ2n) is 7.66. The number of aldehydes is 1. The molecule has 0 bridgehead atoms. The molecule has 0 spiro atoms. The third-order valence-electron chi connectivity index (χ3n) is 5.51. The van der Waals surface area contributed by atoms with Gasteiger partial charge in [-0.3, -0.25) is 15.0 Å². The lowest BCUT2D eigenvalue weighted by molar-refractivity contribution is 0.111. The number of carbonyl (C=O) groups excluding carboxylic acids is 2. The van der Waals surface area contributed by atoms with Crippen molar-refractivity contribution in [1.82, 2.24) is 15.0 Å². The molecule has 2 aromatic heterocycles. The van der Waals surface area contributed by atoms with Gasteiger partial charge in [-0.05, 0) is 31.4 Å². The summed E-state index contributed by atoms with van der Waals surface area (Å²) >= 11 is 0. The molecule has 0 aliphatic carbocycles. The van der Waals surface area contributed by atoms with Crippen molar-refractivity contribution in [3.05, 3.63) is 64.4 Å². The fraction of sp³-hybridized carbons (Fsp3) is 0.240. The van der Waals surface area contributed by atoms with Gasteiger partial charge in [0.15, 0.2) is 17.9 Å². The number of benzene rings is 1. The topological polar surface area (TPSA) is 107 Å². The van der Waals surface area contributed by atoms with Gasteiger partial charge in [-0.15, -0.1) is 0 Å². The van der Waals surface area contributed by atoms with Crippen LogP contribution in [0.1, 0.15) is 39.2 Å². The molecule has 0 saturated carbocycles. The minimum atomic E-state index is -0.587. The average Bonchev–Trinajstić information content (AvgIpc) is 2.89. The number of nitrogens with zero attached hydrogens (tertiary/aromatic N) is 4. The lowest BCUT2D eigenvalue weighted by Crippen LogP contribution is -2.39. The Kier molecular flexibility index (Phi) is 6.87. The van der Waals surface area contributed by atoms with E-state index in [1.165, 1.54) is 37.6 Å². The number of hydrogen-bond acceptors (Lipinski definition) is 7. The molecule has 1 N–H and O–H groups in total. The molecular weight excluding hydrogens is 453 g/mol. The van der Waals surface area contributed by atoms with Crippen LogP contribution in [0.5, 0.6) is 11.5 Å². The Balaban J connectivity index is 1.52. The first-order valence-electron chi connectivity index (χ1n) is 10.7. The summed E-state index contributed by atoms with van der Waals surface area (Å²) in [5.41, 5.74) is 2.24. The van der Waals surface area contributed by atoms with E-state index in [2.05, 4.69) is 32.1 Å². The van der Waals surface area contributed by atoms with E-state index in [0.717, 1.165) is 18.4 Å². The molecular formula is C25H22FN5O4. The number of amides is 2. The molecule has 10 heteroatoms. The van der Waals surface area contributed by atoms with E-state index in [9.17, 15) is 14.0 Å². The Hall–Kier alpha value is -4.52. The van der Waals surface area contributed by atoms with Gasteiger partial charge in [-0.2, -0.15) is 0 Å². The zero-order valence-electron chi connectivity index (χ0n) is 19.4. The molecule has 3 aromatic rings. The van der Waals surface area contributed by atoms with Crippen molar-refractivity contribution in [1.29, 1.82) is 0 Å². The number of anilines is 2. The molecule has 178 valence electrons. The van der Waals surface area contributed by atoms with Crippen LogP contribution in [0, 0.1) is 24.6 Å². The highest BCUT2D eigenvalue weighted by molar-refractivity contribution is 6.01. The molecule has 1 aliphatic heterocycles. The standard InChI is InChI=1S/C25H22FN5O4/c1-15-19(22(26)21(35-3)11-20(15)34-2)9-6-16-12-27-24(28-13-16)30-25(33)31-10-4-5-17-7-8-18(14-32)29-23(17)31/h7-8,11-14H,4-5,10H2,1-3H3,(H,27,28,30,33). The van der Waals surface area contributed by atoms with E-state index in [0.29, 0.717) is 35.5 Å². The molecule has 0 radical (unpaired) electrons. The Bertz CT molecular complexity index is 1320. The van der Waals surface area contributed by atoms with Gasteiger partial charge >= 0.3 is 6.03 Å². The molecule has 0 unspecified atom stereocenters. The minimum Gasteiger partial charge on any atom is -0.496 e. The smallest absolute Gasteiger partial charge is 0.329 e. The number of pyridine rings is 1. The summed E-state index contributed by atoms with van der Waals surface area (Å²) < 4.78 is 25.0. The maximum atomic E-state index is 14.7. The van der Waals surface area contributed by atoms with Crippen molar-refractivity contribution in [3.63, 3.8) is 0 Å². The minimum absolute atomic E-state index is 0.0279. The molecule has 1 aliphatic rings. The fourth-order valence-corrected chi connectivity index (χ4v) is 3.68. The lowest BCUT2D eigenvalue weighted by Gasteiger charge is -2.28. The van der Waals surface area contributed by atoms with Crippen molar-refractivity contribution in [2.45, 2.75) is 19.8 Å². The van der Waals surface area contributed by atoms with Crippen LogP contribution in [0.25, 0.3) is 0 Å². The maximum absolute atomic E-state index is 14.7. The highest BCUT2D eigenvalue weighted by Gasteiger charge is 2.25. The summed E-state index contributed by atoms with van der Waals surface area (Å²) in [4.78, 5) is 37.9. The molecule has 4 rings (SSSR count). The third kappa shape index (κ3) is 4.89. The van der Waals surface area contributed by atoms with Crippen LogP contribution in [0.3, 0.4) is 0 Å². The van der Waals surface area contributed by atoms with Gasteiger partial charge in [-0.1, -0.05) is 17.9 Å². The summed E-state index contributed by atoms with van der Waals surface area (Å²) in [5.74, 6) is 6.03. The van der Waals surface area contributed by atoms with Crippen LogP contribution in [0.15, 0.2) is 30.6 Å². The number of urea groups is 1. The summed E-state index contributed by atoms with van der Waals surface area (Å²) in [5, 5.41) is 2.63. The van der Waals surface area contributed by atoms with Gasteiger partial charge in [0.1, 0.15) is 17.3 Å². The van der Waals surface area contributed by atoms with Gasteiger partial charge in [-0.25, -0.2) is 24.1 Å².